The van der Waals surface area contributed by atoms with Gasteiger partial charge in [-0.3, -0.25) is 10.6 Å². The summed E-state index contributed by atoms with van der Waals surface area (Å²) in [5, 5.41) is 10.3. The lowest BCUT2D eigenvalue weighted by Crippen LogP contribution is -2.47. The fraction of sp³-hybridized carbons (Fsp3) is 1.00. The molecular formula is C7H15N3. The molecule has 0 aromatic heterocycles. The van der Waals surface area contributed by atoms with E-state index in [9.17, 15) is 0 Å². The summed E-state index contributed by atoms with van der Waals surface area (Å²) in [6, 6.07) is 0.683. The summed E-state index contributed by atoms with van der Waals surface area (Å²) in [5.41, 5.74) is 0. The largest absolute Gasteiger partial charge is 0.311 e. The third kappa shape index (κ3) is 1.17. The SMILES string of the molecule is C1CN[C@H](C2NCCN2)C1. The molecule has 58 valence electrons. The van der Waals surface area contributed by atoms with Crippen molar-refractivity contribution in [3.05, 3.63) is 0 Å². The Bertz CT molecular complexity index is 89.4. The van der Waals surface area contributed by atoms with E-state index in [0.717, 1.165) is 13.1 Å². The smallest absolute Gasteiger partial charge is 0.0730 e. The van der Waals surface area contributed by atoms with Crippen LogP contribution in [0.25, 0.3) is 0 Å². The molecule has 0 spiro atoms. The molecule has 0 radical (unpaired) electrons. The molecule has 10 heavy (non-hydrogen) atoms. The minimum Gasteiger partial charge on any atom is -0.311 e. The van der Waals surface area contributed by atoms with Crippen molar-refractivity contribution in [3.63, 3.8) is 0 Å². The summed E-state index contributed by atoms with van der Waals surface area (Å²) >= 11 is 0. The van der Waals surface area contributed by atoms with Gasteiger partial charge in [-0.25, -0.2) is 0 Å². The van der Waals surface area contributed by atoms with Crippen molar-refractivity contribution in [2.45, 2.75) is 25.0 Å². The lowest BCUT2D eigenvalue weighted by Gasteiger charge is -2.18. The first-order chi connectivity index (χ1) is 4.97. The average Bonchev–Trinajstić information content (AvgIpc) is 2.59. The van der Waals surface area contributed by atoms with Gasteiger partial charge in [0.25, 0.3) is 0 Å². The Balaban J connectivity index is 1.85. The molecule has 2 aliphatic rings. The van der Waals surface area contributed by atoms with Gasteiger partial charge in [-0.2, -0.15) is 0 Å². The van der Waals surface area contributed by atoms with Gasteiger partial charge in [0.05, 0.1) is 6.17 Å². The van der Waals surface area contributed by atoms with Crippen molar-refractivity contribution in [1.82, 2.24) is 16.0 Å². The Hall–Kier alpha value is -0.120. The van der Waals surface area contributed by atoms with Crippen LogP contribution in [0.2, 0.25) is 0 Å². The Morgan fingerprint density at radius 3 is 2.30 bits per heavy atom. The molecule has 3 nitrogen and oxygen atoms in total. The minimum absolute atomic E-state index is 0.544. The quantitative estimate of drug-likeness (QED) is 0.450. The van der Waals surface area contributed by atoms with Crippen LogP contribution in [-0.4, -0.2) is 31.8 Å². The third-order valence-electron chi connectivity index (χ3n) is 2.35. The molecule has 2 fully saturated rings. The predicted molar refractivity (Wildman–Crippen MR) is 40.8 cm³/mol. The molecule has 0 aromatic rings. The lowest BCUT2D eigenvalue weighted by molar-refractivity contribution is 0.417. The number of nitrogens with one attached hydrogen (secondary N) is 3. The van der Waals surface area contributed by atoms with E-state index in [2.05, 4.69) is 16.0 Å². The van der Waals surface area contributed by atoms with Crippen molar-refractivity contribution >= 4 is 0 Å². The van der Waals surface area contributed by atoms with Gasteiger partial charge in [0.2, 0.25) is 0 Å². The summed E-state index contributed by atoms with van der Waals surface area (Å²) in [7, 11) is 0. The van der Waals surface area contributed by atoms with E-state index in [1.807, 2.05) is 0 Å². The van der Waals surface area contributed by atoms with Gasteiger partial charge in [-0.15, -0.1) is 0 Å². The highest BCUT2D eigenvalue weighted by atomic mass is 15.2. The zero-order valence-electron chi connectivity index (χ0n) is 6.19. The Kier molecular flexibility index (Phi) is 1.88. The second kappa shape index (κ2) is 2.86. The zero-order valence-corrected chi connectivity index (χ0v) is 6.19. The first-order valence-electron chi connectivity index (χ1n) is 4.17. The number of hydrogen-bond acceptors (Lipinski definition) is 3. The molecule has 3 N–H and O–H groups in total. The van der Waals surface area contributed by atoms with Crippen LogP contribution >= 0.6 is 0 Å². The molecular weight excluding hydrogens is 126 g/mol. The second-order valence-electron chi connectivity index (χ2n) is 3.09. The topological polar surface area (TPSA) is 36.1 Å². The van der Waals surface area contributed by atoms with E-state index in [-0.39, 0.29) is 0 Å². The monoisotopic (exact) mass is 141 g/mol. The van der Waals surface area contributed by atoms with E-state index in [1.165, 1.54) is 19.4 Å². The van der Waals surface area contributed by atoms with Gasteiger partial charge >= 0.3 is 0 Å². The van der Waals surface area contributed by atoms with E-state index in [4.69, 9.17) is 0 Å². The summed E-state index contributed by atoms with van der Waals surface area (Å²) in [5.74, 6) is 0. The summed E-state index contributed by atoms with van der Waals surface area (Å²) in [6.45, 7) is 3.45. The maximum absolute atomic E-state index is 3.47. The maximum Gasteiger partial charge on any atom is 0.0730 e. The van der Waals surface area contributed by atoms with Gasteiger partial charge in [-0.05, 0) is 19.4 Å². The molecule has 0 aliphatic carbocycles. The molecule has 0 saturated carbocycles. The highest BCUT2D eigenvalue weighted by Crippen LogP contribution is 2.08. The van der Waals surface area contributed by atoms with Crippen molar-refractivity contribution in [2.75, 3.05) is 19.6 Å². The van der Waals surface area contributed by atoms with Gasteiger partial charge in [0, 0.05) is 19.1 Å². The highest BCUT2D eigenvalue weighted by molar-refractivity contribution is 4.88. The number of hydrogen-bond donors (Lipinski definition) is 3. The summed E-state index contributed by atoms with van der Waals surface area (Å²) in [6.07, 6.45) is 3.21. The van der Waals surface area contributed by atoms with E-state index < -0.39 is 0 Å². The first kappa shape index (κ1) is 6.58. The molecule has 0 aromatic carbocycles. The van der Waals surface area contributed by atoms with Crippen LogP contribution in [0.4, 0.5) is 0 Å². The second-order valence-corrected chi connectivity index (χ2v) is 3.09. The van der Waals surface area contributed by atoms with E-state index in [0.29, 0.717) is 12.2 Å². The molecule has 2 saturated heterocycles. The van der Waals surface area contributed by atoms with Crippen molar-refractivity contribution < 1.29 is 0 Å². The third-order valence-corrected chi connectivity index (χ3v) is 2.35. The van der Waals surface area contributed by atoms with Crippen LogP contribution < -0.4 is 16.0 Å². The fourth-order valence-corrected chi connectivity index (χ4v) is 1.81. The van der Waals surface area contributed by atoms with Crippen LogP contribution in [0, 0.1) is 0 Å². The van der Waals surface area contributed by atoms with Crippen LogP contribution in [0.3, 0.4) is 0 Å². The molecule has 0 amide bonds. The Morgan fingerprint density at radius 2 is 1.70 bits per heavy atom. The van der Waals surface area contributed by atoms with Crippen molar-refractivity contribution in [2.24, 2.45) is 0 Å². The zero-order chi connectivity index (χ0) is 6.81. The van der Waals surface area contributed by atoms with Crippen molar-refractivity contribution in [3.8, 4) is 0 Å². The lowest BCUT2D eigenvalue weighted by atomic mass is 10.2. The molecule has 2 aliphatic heterocycles. The predicted octanol–water partition coefficient (Wildman–Crippen LogP) is -0.743. The van der Waals surface area contributed by atoms with Gasteiger partial charge in [-0.1, -0.05) is 0 Å². The summed E-state index contributed by atoms with van der Waals surface area (Å²) < 4.78 is 0. The Labute approximate surface area is 61.6 Å². The van der Waals surface area contributed by atoms with Crippen LogP contribution in [0.15, 0.2) is 0 Å². The molecule has 2 heterocycles. The Morgan fingerprint density at radius 1 is 0.900 bits per heavy atom. The molecule has 0 unspecified atom stereocenters. The van der Waals surface area contributed by atoms with Crippen LogP contribution in [-0.2, 0) is 0 Å². The van der Waals surface area contributed by atoms with E-state index in [1.54, 1.807) is 0 Å². The van der Waals surface area contributed by atoms with Gasteiger partial charge in [0.1, 0.15) is 0 Å². The molecule has 2 rings (SSSR count). The highest BCUT2D eigenvalue weighted by Gasteiger charge is 2.25. The standard InChI is InChI=1S/C7H15N3/c1-2-6(8-3-1)7-9-4-5-10-7/h6-10H,1-5H2/t6-/m0/s1. The summed E-state index contributed by atoms with van der Waals surface area (Å²) in [4.78, 5) is 0. The van der Waals surface area contributed by atoms with Gasteiger partial charge < -0.3 is 5.32 Å². The number of rotatable bonds is 1. The molecule has 3 heteroatoms. The molecule has 1 atom stereocenters. The average molecular weight is 141 g/mol. The maximum atomic E-state index is 3.47. The van der Waals surface area contributed by atoms with Crippen molar-refractivity contribution in [1.29, 1.82) is 0 Å². The first-order valence-corrected chi connectivity index (χ1v) is 4.17. The fourth-order valence-electron chi connectivity index (χ4n) is 1.81. The molecule has 0 bridgehead atoms. The van der Waals surface area contributed by atoms with Gasteiger partial charge in [0.15, 0.2) is 0 Å². The van der Waals surface area contributed by atoms with Crippen LogP contribution in [0.5, 0.6) is 0 Å². The normalized spacial score (nSPS) is 35.4. The van der Waals surface area contributed by atoms with E-state index >= 15 is 0 Å². The van der Waals surface area contributed by atoms with Crippen LogP contribution in [0.1, 0.15) is 12.8 Å². The minimum atomic E-state index is 0.544.